The van der Waals surface area contributed by atoms with Crippen LogP contribution in [0.15, 0.2) is 17.5 Å². The third kappa shape index (κ3) is 2.69. The summed E-state index contributed by atoms with van der Waals surface area (Å²) in [6, 6.07) is 2.44. The number of Topliss-reactive ketones (excluding diaryl/α,β-unsaturated/α-hetero) is 1. The lowest BCUT2D eigenvalue weighted by atomic mass is 9.80. The number of aliphatic hydroxyl groups is 1. The minimum absolute atomic E-state index is 0.260. The number of carbonyl (C=O) groups is 1. The molecule has 0 aromatic carbocycles. The zero-order chi connectivity index (χ0) is 15.8. The summed E-state index contributed by atoms with van der Waals surface area (Å²) in [6.07, 6.45) is -12.8. The van der Waals surface area contributed by atoms with Gasteiger partial charge in [-0.2, -0.15) is 26.3 Å². The minimum atomic E-state index is -6.00. The Morgan fingerprint density at radius 1 is 1.25 bits per heavy atom. The van der Waals surface area contributed by atoms with E-state index in [0.29, 0.717) is 11.3 Å². The van der Waals surface area contributed by atoms with E-state index in [1.807, 2.05) is 0 Å². The van der Waals surface area contributed by atoms with Crippen molar-refractivity contribution in [3.05, 3.63) is 22.4 Å². The normalized spacial score (nSPS) is 15.2. The summed E-state index contributed by atoms with van der Waals surface area (Å²) < 4.78 is 76.3. The van der Waals surface area contributed by atoms with Gasteiger partial charge < -0.3 is 5.11 Å². The first kappa shape index (κ1) is 17.0. The molecule has 0 aliphatic rings. The summed E-state index contributed by atoms with van der Waals surface area (Å²) in [5.74, 6) is -4.01. The molecule has 0 aliphatic carbocycles. The van der Waals surface area contributed by atoms with Crippen LogP contribution in [-0.2, 0) is 0 Å². The van der Waals surface area contributed by atoms with E-state index in [1.165, 1.54) is 11.4 Å². The number of halogens is 6. The topological polar surface area (TPSA) is 37.3 Å². The van der Waals surface area contributed by atoms with Crippen LogP contribution in [0.1, 0.15) is 23.0 Å². The van der Waals surface area contributed by atoms with E-state index >= 15 is 0 Å². The first-order valence-corrected chi connectivity index (χ1v) is 6.28. The number of alkyl halides is 6. The molecule has 20 heavy (non-hydrogen) atoms. The Kier molecular flexibility index (Phi) is 4.55. The van der Waals surface area contributed by atoms with Gasteiger partial charge in [-0.15, -0.1) is 11.3 Å². The third-order valence-corrected chi connectivity index (χ3v) is 3.74. The molecule has 9 heteroatoms. The molecule has 1 heterocycles. The molecule has 1 atom stereocenters. The fourth-order valence-electron chi connectivity index (χ4n) is 1.82. The summed E-state index contributed by atoms with van der Waals surface area (Å²) in [5.41, 5.74) is -5.06. The van der Waals surface area contributed by atoms with Gasteiger partial charge in [-0.25, -0.2) is 0 Å². The van der Waals surface area contributed by atoms with E-state index in [4.69, 9.17) is 0 Å². The van der Waals surface area contributed by atoms with Crippen molar-refractivity contribution in [1.29, 1.82) is 0 Å². The van der Waals surface area contributed by atoms with Crippen LogP contribution in [0.2, 0.25) is 0 Å². The molecule has 0 fully saturated rings. The molecule has 1 aromatic heterocycles. The summed E-state index contributed by atoms with van der Waals surface area (Å²) in [4.78, 5) is 11.6. The fourth-order valence-corrected chi connectivity index (χ4v) is 2.54. The van der Waals surface area contributed by atoms with Crippen LogP contribution < -0.4 is 0 Å². The molecule has 1 N–H and O–H groups in total. The van der Waals surface area contributed by atoms with Crippen molar-refractivity contribution in [2.45, 2.75) is 31.3 Å². The van der Waals surface area contributed by atoms with Crippen molar-refractivity contribution in [3.63, 3.8) is 0 Å². The SMILES string of the molecule is CC[C@H](C(=O)c1cccs1)C(O)(C(F)(F)F)C(F)(F)F. The molecule has 2 nitrogen and oxygen atoms in total. The number of hydrogen-bond donors (Lipinski definition) is 1. The molecule has 0 saturated heterocycles. The van der Waals surface area contributed by atoms with E-state index in [2.05, 4.69) is 0 Å². The third-order valence-electron chi connectivity index (χ3n) is 2.86. The summed E-state index contributed by atoms with van der Waals surface area (Å²) in [5, 5.41) is 10.6. The Labute approximate surface area is 114 Å². The van der Waals surface area contributed by atoms with Gasteiger partial charge in [-0.1, -0.05) is 13.0 Å². The predicted octanol–water partition coefficient (Wildman–Crippen LogP) is 3.81. The molecule has 0 amide bonds. The zero-order valence-corrected chi connectivity index (χ0v) is 10.9. The second-order valence-electron chi connectivity index (χ2n) is 4.06. The van der Waals surface area contributed by atoms with Gasteiger partial charge in [0.25, 0.3) is 5.60 Å². The zero-order valence-electron chi connectivity index (χ0n) is 10.0. The molecule has 0 spiro atoms. The Morgan fingerprint density at radius 3 is 2.05 bits per heavy atom. The molecule has 0 bridgehead atoms. The smallest absolute Gasteiger partial charge is 0.373 e. The van der Waals surface area contributed by atoms with Crippen LogP contribution >= 0.6 is 11.3 Å². The largest absolute Gasteiger partial charge is 0.427 e. The molecular formula is C11H10F6O2S. The van der Waals surface area contributed by atoms with Gasteiger partial charge in [0.05, 0.1) is 10.8 Å². The summed E-state index contributed by atoms with van der Waals surface area (Å²) in [6.45, 7) is 0.985. The molecule has 0 radical (unpaired) electrons. The molecule has 1 aromatic rings. The maximum atomic E-state index is 12.7. The van der Waals surface area contributed by atoms with Crippen LogP contribution in [0.3, 0.4) is 0 Å². The number of hydrogen-bond acceptors (Lipinski definition) is 3. The van der Waals surface area contributed by atoms with Crippen LogP contribution in [-0.4, -0.2) is 28.8 Å². The van der Waals surface area contributed by atoms with Crippen LogP contribution in [0.25, 0.3) is 0 Å². The van der Waals surface area contributed by atoms with E-state index < -0.39 is 36.1 Å². The van der Waals surface area contributed by atoms with Crippen molar-refractivity contribution in [1.82, 2.24) is 0 Å². The van der Waals surface area contributed by atoms with Crippen molar-refractivity contribution < 1.29 is 36.2 Å². The van der Waals surface area contributed by atoms with Gasteiger partial charge >= 0.3 is 12.4 Å². The number of thiophene rings is 1. The maximum absolute atomic E-state index is 12.7. The fraction of sp³-hybridized carbons (Fsp3) is 0.545. The van der Waals surface area contributed by atoms with Gasteiger partial charge in [0.1, 0.15) is 0 Å². The van der Waals surface area contributed by atoms with Gasteiger partial charge in [0.15, 0.2) is 5.78 Å². The first-order valence-electron chi connectivity index (χ1n) is 5.40. The summed E-state index contributed by atoms with van der Waals surface area (Å²) >= 11 is 0.717. The number of rotatable bonds is 4. The lowest BCUT2D eigenvalue weighted by Crippen LogP contribution is -2.63. The Bertz CT molecular complexity index is 448. The van der Waals surface area contributed by atoms with Crippen molar-refractivity contribution in [2.75, 3.05) is 0 Å². The Hall–Kier alpha value is -1.09. The molecule has 114 valence electrons. The van der Waals surface area contributed by atoms with Crippen LogP contribution in [0.4, 0.5) is 26.3 Å². The van der Waals surface area contributed by atoms with Crippen LogP contribution in [0, 0.1) is 5.92 Å². The van der Waals surface area contributed by atoms with Crippen molar-refractivity contribution in [2.24, 2.45) is 5.92 Å². The molecule has 1 rings (SSSR count). The average molecular weight is 320 g/mol. The number of ketones is 1. The van der Waals surface area contributed by atoms with Gasteiger partial charge in [0.2, 0.25) is 0 Å². The highest BCUT2D eigenvalue weighted by Crippen LogP contribution is 2.49. The second kappa shape index (κ2) is 5.36. The van der Waals surface area contributed by atoms with Gasteiger partial charge in [0, 0.05) is 0 Å². The minimum Gasteiger partial charge on any atom is -0.373 e. The van der Waals surface area contributed by atoms with Gasteiger partial charge in [-0.3, -0.25) is 4.79 Å². The van der Waals surface area contributed by atoms with E-state index in [-0.39, 0.29) is 4.88 Å². The standard InChI is InChI=1S/C11H10F6O2S/c1-2-6(8(18)7-4-3-5-20-7)9(19,10(12,13)14)11(15,16)17/h3-6,19H,2H2,1H3/t6-/m1/s1. The Balaban J connectivity index is 3.35. The predicted molar refractivity (Wildman–Crippen MR) is 59.5 cm³/mol. The first-order chi connectivity index (χ1) is 8.96. The van der Waals surface area contributed by atoms with Crippen LogP contribution in [0.5, 0.6) is 0 Å². The Morgan fingerprint density at radius 2 is 1.75 bits per heavy atom. The molecule has 0 aliphatic heterocycles. The van der Waals surface area contributed by atoms with Gasteiger partial charge in [-0.05, 0) is 17.9 Å². The highest BCUT2D eigenvalue weighted by atomic mass is 32.1. The monoisotopic (exact) mass is 320 g/mol. The van der Waals surface area contributed by atoms with Crippen molar-refractivity contribution in [3.8, 4) is 0 Å². The quantitative estimate of drug-likeness (QED) is 0.676. The number of carbonyl (C=O) groups excluding carboxylic acids is 1. The molecule has 0 unspecified atom stereocenters. The van der Waals surface area contributed by atoms with Crippen molar-refractivity contribution >= 4 is 17.1 Å². The highest BCUT2D eigenvalue weighted by molar-refractivity contribution is 7.12. The van der Waals surface area contributed by atoms with E-state index in [9.17, 15) is 36.2 Å². The van der Waals surface area contributed by atoms with E-state index in [1.54, 1.807) is 0 Å². The molecule has 0 saturated carbocycles. The summed E-state index contributed by atoms with van der Waals surface area (Å²) in [7, 11) is 0. The second-order valence-corrected chi connectivity index (χ2v) is 5.01. The lowest BCUT2D eigenvalue weighted by molar-refractivity contribution is -0.379. The lowest BCUT2D eigenvalue weighted by Gasteiger charge is -2.37. The average Bonchev–Trinajstić information content (AvgIpc) is 2.79. The van der Waals surface area contributed by atoms with E-state index in [0.717, 1.165) is 13.0 Å². The highest BCUT2D eigenvalue weighted by Gasteiger charge is 2.74. The molecular weight excluding hydrogens is 310 g/mol. The maximum Gasteiger partial charge on any atom is 0.427 e.